The summed E-state index contributed by atoms with van der Waals surface area (Å²) >= 11 is 4.12. The summed E-state index contributed by atoms with van der Waals surface area (Å²) in [4.78, 5) is 4.77. The van der Waals surface area contributed by atoms with Crippen molar-refractivity contribution in [1.29, 1.82) is 0 Å². The van der Waals surface area contributed by atoms with Gasteiger partial charge in [-0.3, -0.25) is 4.99 Å². The molecule has 102 valence electrons. The second kappa shape index (κ2) is 6.63. The molecule has 20 heavy (non-hydrogen) atoms. The van der Waals surface area contributed by atoms with Gasteiger partial charge in [-0.15, -0.1) is 0 Å². The summed E-state index contributed by atoms with van der Waals surface area (Å²) < 4.78 is 1.25. The van der Waals surface area contributed by atoms with E-state index in [9.17, 15) is 0 Å². The van der Waals surface area contributed by atoms with Gasteiger partial charge in [0.25, 0.3) is 0 Å². The van der Waals surface area contributed by atoms with Gasteiger partial charge in [0.2, 0.25) is 0 Å². The lowest BCUT2D eigenvalue weighted by Crippen LogP contribution is -2.08. The molecule has 1 unspecified atom stereocenters. The number of aliphatic imine (C=N–C) groups is 1. The predicted molar refractivity (Wildman–Crippen MR) is 96.6 cm³/mol. The van der Waals surface area contributed by atoms with Crippen molar-refractivity contribution in [2.24, 2.45) is 4.99 Å². The molecule has 0 saturated heterocycles. The first-order valence-corrected chi connectivity index (χ1v) is 8.63. The Morgan fingerprint density at radius 2 is 1.85 bits per heavy atom. The van der Waals surface area contributed by atoms with E-state index in [2.05, 4.69) is 82.5 Å². The van der Waals surface area contributed by atoms with Gasteiger partial charge in [-0.1, -0.05) is 42.1 Å². The number of benzene rings is 2. The largest absolute Gasteiger partial charge is 0.335 e. The van der Waals surface area contributed by atoms with Gasteiger partial charge in [0.15, 0.2) is 5.17 Å². The number of hydrogen-bond acceptors (Lipinski definition) is 3. The molecular formula is C16H15IN2S. The Bertz CT molecular complexity index is 596. The Morgan fingerprint density at radius 3 is 2.60 bits per heavy atom. The number of hydrogen-bond donors (Lipinski definition) is 1. The average molecular weight is 394 g/mol. The Kier molecular flexibility index (Phi) is 4.62. The zero-order chi connectivity index (χ0) is 13.8. The minimum Gasteiger partial charge on any atom is -0.335 e. The summed E-state index contributed by atoms with van der Waals surface area (Å²) in [5.74, 6) is 1.06. The van der Waals surface area contributed by atoms with Crippen molar-refractivity contribution in [3.05, 3.63) is 63.7 Å². The Labute approximate surface area is 137 Å². The van der Waals surface area contributed by atoms with Crippen LogP contribution in [0.15, 0.2) is 59.6 Å². The first kappa shape index (κ1) is 13.9. The van der Waals surface area contributed by atoms with E-state index in [0.29, 0.717) is 6.04 Å². The zero-order valence-electron chi connectivity index (χ0n) is 10.9. The van der Waals surface area contributed by atoms with E-state index >= 15 is 0 Å². The molecule has 1 atom stereocenters. The van der Waals surface area contributed by atoms with Gasteiger partial charge in [-0.2, -0.15) is 0 Å². The maximum atomic E-state index is 4.77. The van der Waals surface area contributed by atoms with Crippen molar-refractivity contribution in [2.45, 2.75) is 12.5 Å². The van der Waals surface area contributed by atoms with Gasteiger partial charge in [0, 0.05) is 15.0 Å². The van der Waals surface area contributed by atoms with Crippen LogP contribution in [0.3, 0.4) is 0 Å². The van der Waals surface area contributed by atoms with Crippen LogP contribution in [0, 0.1) is 3.57 Å². The summed E-state index contributed by atoms with van der Waals surface area (Å²) in [6.45, 7) is 0. The lowest BCUT2D eigenvalue weighted by Gasteiger charge is -2.05. The molecule has 0 aromatic heterocycles. The molecule has 0 fully saturated rings. The highest BCUT2D eigenvalue weighted by atomic mass is 127. The van der Waals surface area contributed by atoms with E-state index in [1.807, 2.05) is 0 Å². The molecule has 1 aliphatic heterocycles. The van der Waals surface area contributed by atoms with Crippen LogP contribution in [-0.2, 0) is 6.42 Å². The lowest BCUT2D eigenvalue weighted by molar-refractivity contribution is 0.762. The molecule has 0 bridgehead atoms. The van der Waals surface area contributed by atoms with Gasteiger partial charge >= 0.3 is 0 Å². The molecule has 0 amide bonds. The summed E-state index contributed by atoms with van der Waals surface area (Å²) in [6.07, 6.45) is 1.02. The molecule has 2 nitrogen and oxygen atoms in total. The maximum Gasteiger partial charge on any atom is 0.161 e. The minimum atomic E-state index is 0.383. The number of halogens is 1. The minimum absolute atomic E-state index is 0.383. The van der Waals surface area contributed by atoms with E-state index in [4.69, 9.17) is 4.99 Å². The number of nitrogens with one attached hydrogen (secondary N) is 1. The normalized spacial score (nSPS) is 17.9. The van der Waals surface area contributed by atoms with Crippen LogP contribution in [0.4, 0.5) is 5.69 Å². The van der Waals surface area contributed by atoms with E-state index in [1.54, 1.807) is 11.8 Å². The number of amidine groups is 1. The third kappa shape index (κ3) is 3.76. The summed E-state index contributed by atoms with van der Waals surface area (Å²) in [5.41, 5.74) is 2.47. The average Bonchev–Trinajstić information content (AvgIpc) is 2.90. The summed E-state index contributed by atoms with van der Waals surface area (Å²) in [5, 5.41) is 4.43. The van der Waals surface area contributed by atoms with Crippen LogP contribution < -0.4 is 5.32 Å². The maximum absolute atomic E-state index is 4.77. The van der Waals surface area contributed by atoms with Crippen LogP contribution in [0.1, 0.15) is 5.56 Å². The van der Waals surface area contributed by atoms with Crippen LogP contribution in [0.2, 0.25) is 0 Å². The van der Waals surface area contributed by atoms with E-state index in [0.717, 1.165) is 23.0 Å². The second-order valence-corrected chi connectivity index (χ2v) is 6.98. The standard InChI is InChI=1S/C16H15IN2S/c17-13-6-8-14(9-7-13)18-16-19-15(11-20-16)10-12-4-2-1-3-5-12/h1-9,15H,10-11H2,(H,18,19). The van der Waals surface area contributed by atoms with Gasteiger partial charge < -0.3 is 5.32 Å². The lowest BCUT2D eigenvalue weighted by atomic mass is 10.1. The Morgan fingerprint density at radius 1 is 1.10 bits per heavy atom. The quantitative estimate of drug-likeness (QED) is 0.780. The molecule has 2 aromatic carbocycles. The highest BCUT2D eigenvalue weighted by Crippen LogP contribution is 2.23. The highest BCUT2D eigenvalue weighted by molar-refractivity contribution is 14.1. The van der Waals surface area contributed by atoms with Gasteiger partial charge in [0.1, 0.15) is 0 Å². The van der Waals surface area contributed by atoms with Crippen LogP contribution in [0.25, 0.3) is 0 Å². The van der Waals surface area contributed by atoms with E-state index in [1.165, 1.54) is 9.13 Å². The molecule has 3 rings (SSSR count). The fourth-order valence-corrected chi connectivity index (χ4v) is 3.45. The SMILES string of the molecule is Ic1ccc(NC2=NC(Cc3ccccc3)CS2)cc1. The van der Waals surface area contributed by atoms with E-state index < -0.39 is 0 Å². The summed E-state index contributed by atoms with van der Waals surface area (Å²) in [7, 11) is 0. The Balaban J connectivity index is 1.62. The van der Waals surface area contributed by atoms with Crippen molar-refractivity contribution in [2.75, 3.05) is 11.1 Å². The van der Waals surface area contributed by atoms with Crippen LogP contribution >= 0.6 is 34.4 Å². The van der Waals surface area contributed by atoms with Crippen LogP contribution in [0.5, 0.6) is 0 Å². The fraction of sp³-hybridized carbons (Fsp3) is 0.188. The number of rotatable bonds is 3. The van der Waals surface area contributed by atoms with Crippen molar-refractivity contribution >= 4 is 45.2 Å². The molecule has 0 aliphatic carbocycles. The van der Waals surface area contributed by atoms with Crippen molar-refractivity contribution in [3.8, 4) is 0 Å². The van der Waals surface area contributed by atoms with Crippen LogP contribution in [-0.4, -0.2) is 17.0 Å². The number of anilines is 1. The van der Waals surface area contributed by atoms with Crippen molar-refractivity contribution in [1.82, 2.24) is 0 Å². The van der Waals surface area contributed by atoms with Gasteiger partial charge in [0.05, 0.1) is 6.04 Å². The molecule has 0 radical (unpaired) electrons. The first-order valence-electron chi connectivity index (χ1n) is 6.57. The van der Waals surface area contributed by atoms with Crippen molar-refractivity contribution in [3.63, 3.8) is 0 Å². The second-order valence-electron chi connectivity index (χ2n) is 4.72. The third-order valence-electron chi connectivity index (χ3n) is 3.12. The molecule has 1 heterocycles. The Hall–Kier alpha value is -1.01. The molecule has 0 spiro atoms. The van der Waals surface area contributed by atoms with E-state index in [-0.39, 0.29) is 0 Å². The fourth-order valence-electron chi connectivity index (χ4n) is 2.13. The highest BCUT2D eigenvalue weighted by Gasteiger charge is 2.18. The summed E-state index contributed by atoms with van der Waals surface area (Å²) in [6, 6.07) is 19.3. The molecular weight excluding hydrogens is 379 g/mol. The zero-order valence-corrected chi connectivity index (χ0v) is 13.9. The molecule has 4 heteroatoms. The molecule has 1 aliphatic rings. The smallest absolute Gasteiger partial charge is 0.161 e. The first-order chi connectivity index (χ1) is 9.79. The van der Waals surface area contributed by atoms with Gasteiger partial charge in [-0.05, 0) is 58.8 Å². The molecule has 0 saturated carbocycles. The molecule has 1 N–H and O–H groups in total. The monoisotopic (exact) mass is 394 g/mol. The number of nitrogens with zero attached hydrogens (tertiary/aromatic N) is 1. The topological polar surface area (TPSA) is 24.4 Å². The number of thioether (sulfide) groups is 1. The third-order valence-corrected chi connectivity index (χ3v) is 4.87. The van der Waals surface area contributed by atoms with Crippen molar-refractivity contribution < 1.29 is 0 Å². The molecule has 2 aromatic rings. The van der Waals surface area contributed by atoms with Gasteiger partial charge in [-0.25, -0.2) is 0 Å². The predicted octanol–water partition coefficient (Wildman–Crippen LogP) is 4.42.